The lowest BCUT2D eigenvalue weighted by Crippen LogP contribution is -2.40. The summed E-state index contributed by atoms with van der Waals surface area (Å²) in [6.07, 6.45) is 1.81. The first-order valence-corrected chi connectivity index (χ1v) is 5.90. The largest absolute Gasteiger partial charge is 0.393 e. The third kappa shape index (κ3) is 2.70. The Bertz CT molecular complexity index is 456. The third-order valence-corrected chi connectivity index (χ3v) is 3.27. The minimum atomic E-state index is -0.477. The first-order chi connectivity index (χ1) is 8.50. The monoisotopic (exact) mass is 251 g/mol. The molecule has 1 aromatic rings. The quantitative estimate of drug-likeness (QED) is 0.488. The molecule has 6 heteroatoms. The maximum Gasteiger partial charge on any atom is 0.292 e. The van der Waals surface area contributed by atoms with Crippen LogP contribution in [0.2, 0.25) is 0 Å². The molecule has 3 N–H and O–H groups in total. The molecule has 1 aliphatic heterocycles. The molecule has 1 fully saturated rings. The van der Waals surface area contributed by atoms with E-state index in [0.29, 0.717) is 0 Å². The van der Waals surface area contributed by atoms with Crippen LogP contribution in [0.5, 0.6) is 0 Å². The number of nitrogen functional groups attached to an aromatic ring is 1. The van der Waals surface area contributed by atoms with Gasteiger partial charge in [-0.15, -0.1) is 0 Å². The molecule has 1 aromatic carbocycles. The van der Waals surface area contributed by atoms with E-state index in [1.807, 2.05) is 0 Å². The minimum Gasteiger partial charge on any atom is -0.393 e. The van der Waals surface area contributed by atoms with E-state index in [4.69, 9.17) is 10.5 Å². The van der Waals surface area contributed by atoms with E-state index in [1.165, 1.54) is 6.07 Å². The molecule has 0 aromatic heterocycles. The van der Waals surface area contributed by atoms with Crippen LogP contribution in [0.15, 0.2) is 18.2 Å². The zero-order valence-corrected chi connectivity index (χ0v) is 10.3. The van der Waals surface area contributed by atoms with Crippen LogP contribution in [0.4, 0.5) is 17.1 Å². The SMILES string of the molecule is CC1(Nc2ccc([N+](=O)[O-])c(N)c2)CCOCC1. The van der Waals surface area contributed by atoms with Gasteiger partial charge in [0.1, 0.15) is 5.69 Å². The summed E-state index contributed by atoms with van der Waals surface area (Å²) in [6.45, 7) is 3.57. The Morgan fingerprint density at radius 3 is 2.67 bits per heavy atom. The van der Waals surface area contributed by atoms with Crippen LogP contribution in [-0.4, -0.2) is 23.7 Å². The minimum absolute atomic E-state index is 0.0409. The molecular weight excluding hydrogens is 234 g/mol. The normalized spacial score (nSPS) is 18.3. The van der Waals surface area contributed by atoms with E-state index >= 15 is 0 Å². The highest BCUT2D eigenvalue weighted by Gasteiger charge is 2.27. The summed E-state index contributed by atoms with van der Waals surface area (Å²) in [5, 5.41) is 14.1. The van der Waals surface area contributed by atoms with Crippen molar-refractivity contribution in [2.24, 2.45) is 0 Å². The van der Waals surface area contributed by atoms with Crippen LogP contribution in [0.25, 0.3) is 0 Å². The van der Waals surface area contributed by atoms with Gasteiger partial charge in [-0.25, -0.2) is 0 Å². The first kappa shape index (κ1) is 12.6. The molecule has 2 rings (SSSR count). The summed E-state index contributed by atoms with van der Waals surface area (Å²) in [4.78, 5) is 10.2. The Morgan fingerprint density at radius 2 is 2.11 bits per heavy atom. The summed E-state index contributed by atoms with van der Waals surface area (Å²) >= 11 is 0. The van der Waals surface area contributed by atoms with Gasteiger partial charge < -0.3 is 15.8 Å². The van der Waals surface area contributed by atoms with E-state index in [2.05, 4.69) is 12.2 Å². The summed E-state index contributed by atoms with van der Waals surface area (Å²) in [5.41, 5.74) is 6.55. The molecule has 0 radical (unpaired) electrons. The van der Waals surface area contributed by atoms with Crippen molar-refractivity contribution in [3.8, 4) is 0 Å². The van der Waals surface area contributed by atoms with Crippen molar-refractivity contribution >= 4 is 17.1 Å². The lowest BCUT2D eigenvalue weighted by Gasteiger charge is -2.35. The standard InChI is InChI=1S/C12H17N3O3/c1-12(4-6-18-7-5-12)14-9-2-3-11(15(16)17)10(13)8-9/h2-3,8,14H,4-7,13H2,1H3. The molecule has 0 spiro atoms. The van der Waals surface area contributed by atoms with Crippen LogP contribution in [0, 0.1) is 10.1 Å². The molecule has 6 nitrogen and oxygen atoms in total. The first-order valence-electron chi connectivity index (χ1n) is 5.90. The van der Waals surface area contributed by atoms with Gasteiger partial charge in [0.15, 0.2) is 0 Å². The molecule has 0 amide bonds. The molecule has 0 unspecified atom stereocenters. The Hall–Kier alpha value is -1.82. The maximum absolute atomic E-state index is 10.7. The summed E-state index contributed by atoms with van der Waals surface area (Å²) < 4.78 is 5.32. The molecule has 0 atom stereocenters. The van der Waals surface area contributed by atoms with Crippen molar-refractivity contribution in [1.82, 2.24) is 0 Å². The van der Waals surface area contributed by atoms with Gasteiger partial charge >= 0.3 is 0 Å². The number of nitrogens with zero attached hydrogens (tertiary/aromatic N) is 1. The fraction of sp³-hybridized carbons (Fsp3) is 0.500. The molecule has 1 saturated heterocycles. The highest BCUT2D eigenvalue weighted by Crippen LogP contribution is 2.29. The second-order valence-electron chi connectivity index (χ2n) is 4.83. The predicted octanol–water partition coefficient (Wildman–Crippen LogP) is 2.16. The summed E-state index contributed by atoms with van der Waals surface area (Å²) in [6, 6.07) is 4.73. The van der Waals surface area contributed by atoms with Crippen LogP contribution in [0.3, 0.4) is 0 Å². The molecule has 0 aliphatic carbocycles. The highest BCUT2D eigenvalue weighted by molar-refractivity contribution is 5.66. The molecular formula is C12H17N3O3. The van der Waals surface area contributed by atoms with Crippen molar-refractivity contribution in [3.63, 3.8) is 0 Å². The predicted molar refractivity (Wildman–Crippen MR) is 69.6 cm³/mol. The van der Waals surface area contributed by atoms with Gasteiger partial charge in [0.05, 0.1) is 4.92 Å². The Labute approximate surface area is 105 Å². The second-order valence-corrected chi connectivity index (χ2v) is 4.83. The van der Waals surface area contributed by atoms with Crippen LogP contribution >= 0.6 is 0 Å². The van der Waals surface area contributed by atoms with E-state index in [9.17, 15) is 10.1 Å². The van der Waals surface area contributed by atoms with Crippen LogP contribution < -0.4 is 11.1 Å². The average molecular weight is 251 g/mol. The van der Waals surface area contributed by atoms with E-state index in [0.717, 1.165) is 31.7 Å². The molecule has 1 aliphatic rings. The number of nitrogens with one attached hydrogen (secondary N) is 1. The third-order valence-electron chi connectivity index (χ3n) is 3.27. The van der Waals surface area contributed by atoms with Gasteiger partial charge in [0, 0.05) is 30.5 Å². The Balaban J connectivity index is 2.14. The highest BCUT2D eigenvalue weighted by atomic mass is 16.6. The molecule has 0 bridgehead atoms. The number of nitro groups is 1. The number of anilines is 2. The van der Waals surface area contributed by atoms with Gasteiger partial charge in [-0.3, -0.25) is 10.1 Å². The molecule has 1 heterocycles. The number of hydrogen-bond donors (Lipinski definition) is 2. The van der Waals surface area contributed by atoms with E-state index in [1.54, 1.807) is 12.1 Å². The number of nitro benzene ring substituents is 1. The Kier molecular flexibility index (Phi) is 3.38. The van der Waals surface area contributed by atoms with Gasteiger partial charge in [0.25, 0.3) is 5.69 Å². The maximum atomic E-state index is 10.7. The van der Waals surface area contributed by atoms with Crippen molar-refractivity contribution in [2.45, 2.75) is 25.3 Å². The van der Waals surface area contributed by atoms with Crippen LogP contribution in [-0.2, 0) is 4.74 Å². The van der Waals surface area contributed by atoms with Crippen molar-refractivity contribution in [3.05, 3.63) is 28.3 Å². The smallest absolute Gasteiger partial charge is 0.292 e. The lowest BCUT2D eigenvalue weighted by atomic mass is 9.92. The average Bonchev–Trinajstić information content (AvgIpc) is 2.28. The number of hydrogen-bond acceptors (Lipinski definition) is 5. The topological polar surface area (TPSA) is 90.4 Å². The molecule has 18 heavy (non-hydrogen) atoms. The fourth-order valence-electron chi connectivity index (χ4n) is 2.09. The van der Waals surface area contributed by atoms with Crippen molar-refractivity contribution < 1.29 is 9.66 Å². The van der Waals surface area contributed by atoms with Gasteiger partial charge in [-0.1, -0.05) is 0 Å². The van der Waals surface area contributed by atoms with Crippen LogP contribution in [0.1, 0.15) is 19.8 Å². The van der Waals surface area contributed by atoms with Gasteiger partial charge in [-0.05, 0) is 31.9 Å². The van der Waals surface area contributed by atoms with Gasteiger partial charge in [-0.2, -0.15) is 0 Å². The zero-order chi connectivity index (χ0) is 13.2. The zero-order valence-electron chi connectivity index (χ0n) is 10.3. The Morgan fingerprint density at radius 1 is 1.44 bits per heavy atom. The molecule has 0 saturated carbocycles. The van der Waals surface area contributed by atoms with E-state index in [-0.39, 0.29) is 16.9 Å². The van der Waals surface area contributed by atoms with Gasteiger partial charge in [0.2, 0.25) is 0 Å². The molecule has 98 valence electrons. The van der Waals surface area contributed by atoms with Crippen molar-refractivity contribution in [1.29, 1.82) is 0 Å². The number of ether oxygens (including phenoxy) is 1. The summed E-state index contributed by atoms with van der Waals surface area (Å²) in [7, 11) is 0. The number of nitrogens with two attached hydrogens (primary N) is 1. The summed E-state index contributed by atoms with van der Waals surface area (Å²) in [5.74, 6) is 0. The lowest BCUT2D eigenvalue weighted by molar-refractivity contribution is -0.383. The number of benzene rings is 1. The fourth-order valence-corrected chi connectivity index (χ4v) is 2.09. The van der Waals surface area contributed by atoms with Crippen molar-refractivity contribution in [2.75, 3.05) is 24.3 Å². The second kappa shape index (κ2) is 4.81. The number of rotatable bonds is 3. The van der Waals surface area contributed by atoms with E-state index < -0.39 is 4.92 Å².